The molecular formula is C15H25N3O17P2. The zero-order valence-electron chi connectivity index (χ0n) is 18.4. The third kappa shape index (κ3) is 7.16. The number of hydrogen-bond acceptors (Lipinski definition) is 16. The number of phosphoric ester groups is 1. The largest absolute Gasteiger partial charge is 0.508 e. The molecule has 0 amide bonds. The lowest BCUT2D eigenvalue weighted by Gasteiger charge is -2.39. The molecule has 22 heteroatoms. The summed E-state index contributed by atoms with van der Waals surface area (Å²) >= 11 is 0. The SMILES string of the molecule is NC1C(O)[C@@H](O)C(CO)O[C@@H]1OOP(=O)(O)OP(=O)(O)OC[C@@H]1O[C@H](n2ccc(=O)[nH]c2=O)[C@@H](O)[C@H]1O. The van der Waals surface area contributed by atoms with Crippen molar-refractivity contribution in [1.82, 2.24) is 9.55 Å². The van der Waals surface area contributed by atoms with Gasteiger partial charge in [-0.2, -0.15) is 9.20 Å². The lowest BCUT2D eigenvalue weighted by Crippen LogP contribution is -2.62. The van der Waals surface area contributed by atoms with Gasteiger partial charge in [0.2, 0.25) is 6.29 Å². The van der Waals surface area contributed by atoms with E-state index in [1.54, 1.807) is 0 Å². The molecule has 0 saturated carbocycles. The number of H-pyrrole nitrogens is 1. The second-order valence-electron chi connectivity index (χ2n) is 7.83. The Hall–Kier alpha value is -1.42. The first-order valence-corrected chi connectivity index (χ1v) is 13.2. The molecule has 0 aliphatic carbocycles. The van der Waals surface area contributed by atoms with Crippen LogP contribution in [-0.2, 0) is 37.0 Å². The Kier molecular flexibility index (Phi) is 9.58. The van der Waals surface area contributed by atoms with Crippen LogP contribution in [0.5, 0.6) is 0 Å². The molecule has 2 aliphatic heterocycles. The van der Waals surface area contributed by atoms with Crippen molar-refractivity contribution < 1.29 is 72.3 Å². The van der Waals surface area contributed by atoms with Gasteiger partial charge in [0.05, 0.1) is 19.3 Å². The molecular weight excluding hydrogens is 556 g/mol. The first-order chi connectivity index (χ1) is 17.2. The van der Waals surface area contributed by atoms with Crippen LogP contribution in [0, 0.1) is 0 Å². The molecule has 11 atom stereocenters. The first kappa shape index (κ1) is 30.1. The normalized spacial score (nSPS) is 37.7. The summed E-state index contributed by atoms with van der Waals surface area (Å²) in [6.07, 6.45) is -12.3. The number of aliphatic hydroxyl groups excluding tert-OH is 5. The summed E-state index contributed by atoms with van der Waals surface area (Å²) < 4.78 is 47.6. The Morgan fingerprint density at radius 2 is 1.65 bits per heavy atom. The molecule has 1 aromatic rings. The van der Waals surface area contributed by atoms with Crippen LogP contribution in [0.1, 0.15) is 6.23 Å². The fourth-order valence-corrected chi connectivity index (χ4v) is 5.22. The van der Waals surface area contributed by atoms with Gasteiger partial charge < -0.3 is 50.5 Å². The van der Waals surface area contributed by atoms with Crippen LogP contribution in [0.25, 0.3) is 0 Å². The summed E-state index contributed by atoms with van der Waals surface area (Å²) in [5, 5.41) is 48.9. The number of nitrogens with two attached hydrogens (primary N) is 1. The molecule has 0 radical (unpaired) electrons. The number of aromatic nitrogens is 2. The molecule has 0 aromatic carbocycles. The molecule has 3 heterocycles. The van der Waals surface area contributed by atoms with E-state index >= 15 is 0 Å². The van der Waals surface area contributed by atoms with E-state index in [0.717, 1.165) is 16.8 Å². The highest BCUT2D eigenvalue weighted by molar-refractivity contribution is 7.61. The van der Waals surface area contributed by atoms with Crippen molar-refractivity contribution in [2.75, 3.05) is 13.2 Å². The number of aliphatic hydroxyl groups is 5. The predicted octanol–water partition coefficient (Wildman–Crippen LogP) is -4.90. The van der Waals surface area contributed by atoms with Crippen LogP contribution in [0.3, 0.4) is 0 Å². The molecule has 0 bridgehead atoms. The number of rotatable bonds is 10. The van der Waals surface area contributed by atoms with E-state index in [4.69, 9.17) is 20.3 Å². The summed E-state index contributed by atoms with van der Waals surface area (Å²) in [5.74, 6) is 0. The number of nitrogens with zero attached hydrogens (tertiary/aromatic N) is 1. The lowest BCUT2D eigenvalue weighted by atomic mass is 9.98. The Morgan fingerprint density at radius 3 is 2.27 bits per heavy atom. The standard InChI is InChI=1S/C15H25N3O17P2/c16-8-11(23)9(21)5(3-19)32-14(8)33-34-37(28,29)35-36(26,27)30-4-6-10(22)12(24)13(31-6)18-2-1-7(20)17-15(18)25/h1-2,5-6,8-14,19,21-24H,3-4,16H2,(H,26,27)(H,28,29)(H,17,20,25)/t5?,6-,8?,9-,10-,11?,12-,13-,14+/m0/s1. The van der Waals surface area contributed by atoms with E-state index in [9.17, 15) is 48.9 Å². The van der Waals surface area contributed by atoms with Crippen molar-refractivity contribution in [1.29, 1.82) is 0 Å². The van der Waals surface area contributed by atoms with E-state index in [1.165, 1.54) is 0 Å². The summed E-state index contributed by atoms with van der Waals surface area (Å²) in [4.78, 5) is 48.8. The van der Waals surface area contributed by atoms with Crippen molar-refractivity contribution in [2.24, 2.45) is 5.73 Å². The minimum absolute atomic E-state index is 0.729. The average Bonchev–Trinajstić information content (AvgIpc) is 3.09. The molecule has 2 aliphatic rings. The zero-order chi connectivity index (χ0) is 27.7. The zero-order valence-corrected chi connectivity index (χ0v) is 20.2. The molecule has 5 unspecified atom stereocenters. The van der Waals surface area contributed by atoms with Gasteiger partial charge in [0.1, 0.15) is 36.6 Å². The maximum atomic E-state index is 12.1. The summed E-state index contributed by atoms with van der Waals surface area (Å²) in [6.45, 7) is -1.82. The van der Waals surface area contributed by atoms with E-state index < -0.39 is 95.3 Å². The van der Waals surface area contributed by atoms with Crippen LogP contribution < -0.4 is 17.0 Å². The quantitative estimate of drug-likeness (QED) is 0.0710. The van der Waals surface area contributed by atoms with Gasteiger partial charge in [0.15, 0.2) is 6.23 Å². The fraction of sp³-hybridized carbons (Fsp3) is 0.733. The smallest absolute Gasteiger partial charge is 0.394 e. The highest BCUT2D eigenvalue weighted by Crippen LogP contribution is 2.60. The second-order valence-corrected chi connectivity index (χ2v) is 10.8. The van der Waals surface area contributed by atoms with Gasteiger partial charge in [0, 0.05) is 12.3 Å². The van der Waals surface area contributed by atoms with Gasteiger partial charge in [-0.3, -0.25) is 18.9 Å². The van der Waals surface area contributed by atoms with Crippen LogP contribution in [0.4, 0.5) is 0 Å². The van der Waals surface area contributed by atoms with Crippen LogP contribution in [0.2, 0.25) is 0 Å². The second kappa shape index (κ2) is 11.8. The molecule has 2 fully saturated rings. The third-order valence-corrected chi connectivity index (χ3v) is 7.63. The van der Waals surface area contributed by atoms with E-state index in [1.807, 2.05) is 4.98 Å². The van der Waals surface area contributed by atoms with E-state index in [2.05, 4.69) is 18.4 Å². The molecule has 2 saturated heterocycles. The molecule has 37 heavy (non-hydrogen) atoms. The summed E-state index contributed by atoms with van der Waals surface area (Å²) in [7, 11) is -11.0. The van der Waals surface area contributed by atoms with Crippen LogP contribution in [0.15, 0.2) is 21.9 Å². The van der Waals surface area contributed by atoms with E-state index in [-0.39, 0.29) is 0 Å². The minimum atomic E-state index is -5.56. The van der Waals surface area contributed by atoms with Gasteiger partial charge >= 0.3 is 21.3 Å². The van der Waals surface area contributed by atoms with Gasteiger partial charge in [-0.15, -0.1) is 4.67 Å². The molecule has 0 spiro atoms. The van der Waals surface area contributed by atoms with Crippen LogP contribution in [-0.4, -0.2) is 107 Å². The van der Waals surface area contributed by atoms with Crippen molar-refractivity contribution in [2.45, 2.75) is 55.2 Å². The monoisotopic (exact) mass is 581 g/mol. The topological polar surface area (TPSA) is 312 Å². The summed E-state index contributed by atoms with van der Waals surface area (Å²) in [6, 6.07) is -0.618. The first-order valence-electron chi connectivity index (χ1n) is 10.2. The highest BCUT2D eigenvalue weighted by Gasteiger charge is 2.47. The fourth-order valence-electron chi connectivity index (χ4n) is 3.35. The van der Waals surface area contributed by atoms with Crippen molar-refractivity contribution in [3.63, 3.8) is 0 Å². The average molecular weight is 581 g/mol. The lowest BCUT2D eigenvalue weighted by molar-refractivity contribution is -0.371. The maximum absolute atomic E-state index is 12.1. The maximum Gasteiger partial charge on any atom is 0.508 e. The number of nitrogens with one attached hydrogen (secondary N) is 1. The van der Waals surface area contributed by atoms with Gasteiger partial charge in [-0.25, -0.2) is 13.9 Å². The van der Waals surface area contributed by atoms with Gasteiger partial charge in [-0.05, 0) is 0 Å². The third-order valence-electron chi connectivity index (χ3n) is 5.23. The van der Waals surface area contributed by atoms with Crippen molar-refractivity contribution in [3.8, 4) is 0 Å². The van der Waals surface area contributed by atoms with Gasteiger partial charge in [-0.1, -0.05) is 0 Å². The Bertz CT molecular complexity index is 1140. The number of hydrogen-bond donors (Lipinski definition) is 9. The molecule has 10 N–H and O–H groups in total. The molecule has 3 rings (SSSR count). The number of ether oxygens (including phenoxy) is 2. The highest BCUT2D eigenvalue weighted by atomic mass is 31.3. The Morgan fingerprint density at radius 1 is 1.00 bits per heavy atom. The van der Waals surface area contributed by atoms with Crippen molar-refractivity contribution >= 4 is 15.6 Å². The van der Waals surface area contributed by atoms with E-state index in [0.29, 0.717) is 0 Å². The van der Waals surface area contributed by atoms with Crippen molar-refractivity contribution in [3.05, 3.63) is 33.1 Å². The Labute approximate surface area is 205 Å². The number of phosphoric acid groups is 2. The molecule has 1 aromatic heterocycles. The summed E-state index contributed by atoms with van der Waals surface area (Å²) in [5.41, 5.74) is 3.80. The Balaban J connectivity index is 1.56. The van der Waals surface area contributed by atoms with Gasteiger partial charge in [0.25, 0.3) is 5.56 Å². The number of aromatic amines is 1. The minimum Gasteiger partial charge on any atom is -0.394 e. The molecule has 20 nitrogen and oxygen atoms in total. The molecule has 212 valence electrons. The predicted molar refractivity (Wildman–Crippen MR) is 112 cm³/mol. The van der Waals surface area contributed by atoms with Crippen LogP contribution >= 0.6 is 15.6 Å².